The molecule has 10 heteroatoms. The third-order valence-electron chi connectivity index (χ3n) is 7.33. The average molecular weight is 655 g/mol. The second-order valence-corrected chi connectivity index (χ2v) is 12.7. The van der Waals surface area contributed by atoms with E-state index in [0.29, 0.717) is 15.2 Å². The van der Waals surface area contributed by atoms with Crippen molar-refractivity contribution in [3.05, 3.63) is 87.4 Å². The highest BCUT2D eigenvalue weighted by Crippen LogP contribution is 2.44. The number of nitrogens with one attached hydrogen (secondary N) is 1. The molecule has 1 saturated heterocycles. The van der Waals surface area contributed by atoms with Crippen LogP contribution in [0.5, 0.6) is 0 Å². The van der Waals surface area contributed by atoms with Crippen molar-refractivity contribution in [1.82, 2.24) is 9.80 Å². The van der Waals surface area contributed by atoms with Crippen LogP contribution < -0.4 is 5.32 Å². The Morgan fingerprint density at radius 1 is 0.952 bits per heavy atom. The van der Waals surface area contributed by atoms with Crippen molar-refractivity contribution in [3.63, 3.8) is 0 Å². The van der Waals surface area contributed by atoms with E-state index in [1.807, 2.05) is 24.3 Å². The molecular weight excluding hydrogens is 622 g/mol. The summed E-state index contributed by atoms with van der Waals surface area (Å²) in [5.41, 5.74) is 4.40. The highest BCUT2D eigenvalue weighted by Gasteiger charge is 2.37. The van der Waals surface area contributed by atoms with Crippen LogP contribution in [0.2, 0.25) is 5.02 Å². The Morgan fingerprint density at radius 3 is 2.21 bits per heavy atom. The minimum Gasteiger partial charge on any atom is -0.448 e. The monoisotopic (exact) mass is 653 g/mol. The molecule has 220 valence electrons. The first-order chi connectivity index (χ1) is 20.0. The van der Waals surface area contributed by atoms with Crippen LogP contribution in [-0.4, -0.2) is 65.8 Å². The molecule has 1 heterocycles. The normalized spacial score (nSPS) is 16.5. The summed E-state index contributed by atoms with van der Waals surface area (Å²) in [4.78, 5) is 42.7. The molecule has 0 bridgehead atoms. The number of piperazine rings is 1. The summed E-state index contributed by atoms with van der Waals surface area (Å²) < 4.78 is 12.1. The van der Waals surface area contributed by atoms with E-state index in [9.17, 15) is 14.4 Å². The maximum Gasteiger partial charge on any atom is 0.410 e. The van der Waals surface area contributed by atoms with Gasteiger partial charge in [-0.15, -0.1) is 0 Å². The van der Waals surface area contributed by atoms with Gasteiger partial charge in [-0.2, -0.15) is 0 Å². The van der Waals surface area contributed by atoms with Crippen LogP contribution in [0.1, 0.15) is 44.2 Å². The maximum atomic E-state index is 13.5. The van der Waals surface area contributed by atoms with Gasteiger partial charge in [-0.1, -0.05) is 60.1 Å². The van der Waals surface area contributed by atoms with Gasteiger partial charge in [-0.3, -0.25) is 4.79 Å². The average Bonchev–Trinajstić information content (AvgIpc) is 3.26. The third-order valence-corrected chi connectivity index (χ3v) is 8.22. The second kappa shape index (κ2) is 12.4. The number of anilines is 1. The van der Waals surface area contributed by atoms with Gasteiger partial charge in [-0.25, -0.2) is 9.59 Å². The SMILES string of the molecule is CC(C)(C)OC(=O)N1CCN(C(=O)OCC2c3ccccc3-c3ccccc32)C(CC(=O)Nc2ccc(Cl)cc2Br)C1. The lowest BCUT2D eigenvalue weighted by molar-refractivity contribution is -0.117. The molecule has 1 aliphatic carbocycles. The Labute approximate surface area is 259 Å². The number of hydrogen-bond acceptors (Lipinski definition) is 5. The third kappa shape index (κ3) is 6.73. The Kier molecular flexibility index (Phi) is 8.80. The van der Waals surface area contributed by atoms with Crippen molar-refractivity contribution < 1.29 is 23.9 Å². The number of halogens is 2. The van der Waals surface area contributed by atoms with Gasteiger partial charge in [0.2, 0.25) is 5.91 Å². The Bertz CT molecular complexity index is 1460. The van der Waals surface area contributed by atoms with Crippen molar-refractivity contribution in [3.8, 4) is 11.1 Å². The van der Waals surface area contributed by atoms with Gasteiger partial charge in [0.25, 0.3) is 0 Å². The molecule has 42 heavy (non-hydrogen) atoms. The van der Waals surface area contributed by atoms with Crippen LogP contribution in [0.4, 0.5) is 15.3 Å². The van der Waals surface area contributed by atoms with Crippen LogP contribution in [0, 0.1) is 0 Å². The van der Waals surface area contributed by atoms with E-state index in [1.165, 1.54) is 4.90 Å². The first-order valence-electron chi connectivity index (χ1n) is 13.8. The van der Waals surface area contributed by atoms with Crippen molar-refractivity contribution in [2.24, 2.45) is 0 Å². The minimum absolute atomic E-state index is 0.0431. The highest BCUT2D eigenvalue weighted by molar-refractivity contribution is 9.10. The summed E-state index contributed by atoms with van der Waals surface area (Å²) in [6.07, 6.45) is -1.05. The Balaban J connectivity index is 1.31. The van der Waals surface area contributed by atoms with Gasteiger partial charge in [0.1, 0.15) is 12.2 Å². The standard InChI is InChI=1S/C32H33BrClN3O5/c1-32(2,3)42-30(39)36-14-15-37(21(18-36)17-29(38)35-28-13-12-20(34)16-27(28)33)31(40)41-19-26-24-10-6-4-8-22(24)23-9-5-7-11-25(23)26/h4-13,16,21,26H,14-15,17-19H2,1-3H3,(H,35,38). The number of carbonyl (C=O) groups is 3. The van der Waals surface area contributed by atoms with Crippen molar-refractivity contribution in [2.75, 3.05) is 31.6 Å². The Morgan fingerprint density at radius 2 is 1.60 bits per heavy atom. The number of hydrogen-bond donors (Lipinski definition) is 1. The second-order valence-electron chi connectivity index (χ2n) is 11.5. The molecule has 1 aliphatic heterocycles. The largest absolute Gasteiger partial charge is 0.448 e. The van der Waals surface area contributed by atoms with E-state index in [0.717, 1.165) is 22.3 Å². The fraction of sp³-hybridized carbons (Fsp3) is 0.344. The van der Waals surface area contributed by atoms with Gasteiger partial charge in [0.05, 0.1) is 11.7 Å². The summed E-state index contributed by atoms with van der Waals surface area (Å²) in [6, 6.07) is 20.7. The quantitative estimate of drug-likeness (QED) is 0.312. The van der Waals surface area contributed by atoms with Gasteiger partial charge in [0.15, 0.2) is 0 Å². The summed E-state index contributed by atoms with van der Waals surface area (Å²) >= 11 is 9.45. The molecule has 0 aromatic heterocycles. The predicted molar refractivity (Wildman–Crippen MR) is 166 cm³/mol. The van der Waals surface area contributed by atoms with Gasteiger partial charge in [-0.05, 0) is 77.2 Å². The molecule has 0 spiro atoms. The molecule has 1 fully saturated rings. The van der Waals surface area contributed by atoms with Crippen molar-refractivity contribution in [2.45, 2.75) is 44.8 Å². The predicted octanol–water partition coefficient (Wildman–Crippen LogP) is 7.30. The smallest absolute Gasteiger partial charge is 0.410 e. The molecule has 3 aromatic carbocycles. The fourth-order valence-electron chi connectivity index (χ4n) is 5.45. The number of nitrogens with zero attached hydrogens (tertiary/aromatic N) is 2. The van der Waals surface area contributed by atoms with E-state index in [-0.39, 0.29) is 44.5 Å². The van der Waals surface area contributed by atoms with E-state index >= 15 is 0 Å². The molecule has 1 N–H and O–H groups in total. The van der Waals surface area contributed by atoms with E-state index in [4.69, 9.17) is 21.1 Å². The zero-order valence-electron chi connectivity index (χ0n) is 23.7. The molecule has 1 atom stereocenters. The molecule has 0 radical (unpaired) electrons. The van der Waals surface area contributed by atoms with Crippen molar-refractivity contribution >= 4 is 51.3 Å². The number of rotatable bonds is 5. The van der Waals surface area contributed by atoms with E-state index in [2.05, 4.69) is 45.5 Å². The van der Waals surface area contributed by atoms with Gasteiger partial charge >= 0.3 is 12.2 Å². The molecular formula is C32H33BrClN3O5. The summed E-state index contributed by atoms with van der Waals surface area (Å²) in [7, 11) is 0. The van der Waals surface area contributed by atoms with Gasteiger partial charge in [0, 0.05) is 41.5 Å². The zero-order valence-corrected chi connectivity index (χ0v) is 26.1. The maximum absolute atomic E-state index is 13.5. The highest BCUT2D eigenvalue weighted by atomic mass is 79.9. The molecule has 0 saturated carbocycles. The fourth-order valence-corrected chi connectivity index (χ4v) is 6.23. The number of benzene rings is 3. The summed E-state index contributed by atoms with van der Waals surface area (Å²) in [6.45, 7) is 6.16. The summed E-state index contributed by atoms with van der Waals surface area (Å²) in [5, 5.41) is 3.40. The first kappa shape index (κ1) is 29.9. The number of fused-ring (bicyclic) bond motifs is 3. The first-order valence-corrected chi connectivity index (χ1v) is 15.0. The minimum atomic E-state index is -0.672. The van der Waals surface area contributed by atoms with Crippen molar-refractivity contribution in [1.29, 1.82) is 0 Å². The lowest BCUT2D eigenvalue weighted by atomic mass is 9.98. The number of carbonyl (C=O) groups excluding carboxylic acids is 3. The van der Waals surface area contributed by atoms with Crippen LogP contribution in [-0.2, 0) is 14.3 Å². The van der Waals surface area contributed by atoms with E-state index < -0.39 is 23.8 Å². The van der Waals surface area contributed by atoms with Gasteiger partial charge < -0.3 is 24.6 Å². The Hall–Kier alpha value is -3.56. The van der Waals surface area contributed by atoms with Crippen LogP contribution >= 0.6 is 27.5 Å². The number of ether oxygens (including phenoxy) is 2. The summed E-state index contributed by atoms with van der Waals surface area (Å²) in [5.74, 6) is -0.404. The lowest BCUT2D eigenvalue weighted by Crippen LogP contribution is -2.58. The molecule has 5 rings (SSSR count). The number of amides is 3. The lowest BCUT2D eigenvalue weighted by Gasteiger charge is -2.40. The van der Waals surface area contributed by atoms with E-state index in [1.54, 1.807) is 43.9 Å². The topological polar surface area (TPSA) is 88.2 Å². The molecule has 3 aromatic rings. The van der Waals surface area contributed by atoms with Crippen LogP contribution in [0.3, 0.4) is 0 Å². The van der Waals surface area contributed by atoms with Crippen LogP contribution in [0.25, 0.3) is 11.1 Å². The molecule has 1 unspecified atom stereocenters. The molecule has 3 amide bonds. The molecule has 8 nitrogen and oxygen atoms in total. The zero-order chi connectivity index (χ0) is 30.0. The van der Waals surface area contributed by atoms with Crippen LogP contribution in [0.15, 0.2) is 71.2 Å². The molecule has 2 aliphatic rings.